The van der Waals surface area contributed by atoms with Crippen LogP contribution in [-0.2, 0) is 13.0 Å². The third-order valence-corrected chi connectivity index (χ3v) is 4.46. The van der Waals surface area contributed by atoms with Crippen molar-refractivity contribution < 1.29 is 4.74 Å². The van der Waals surface area contributed by atoms with Crippen LogP contribution in [0.5, 0.6) is 5.75 Å². The molecule has 0 aliphatic carbocycles. The summed E-state index contributed by atoms with van der Waals surface area (Å²) in [5.74, 6) is 0.909. The first kappa shape index (κ1) is 17.4. The van der Waals surface area contributed by atoms with E-state index in [-0.39, 0.29) is 12.4 Å². The molecule has 2 nitrogen and oxygen atoms in total. The van der Waals surface area contributed by atoms with Crippen LogP contribution in [0.15, 0.2) is 72.8 Å². The van der Waals surface area contributed by atoms with E-state index in [1.807, 2.05) is 24.3 Å². The van der Waals surface area contributed by atoms with Crippen LogP contribution in [0.1, 0.15) is 17.5 Å². The molecule has 3 aromatic carbocycles. The molecule has 1 aliphatic heterocycles. The number of halogens is 1. The van der Waals surface area contributed by atoms with Crippen LogP contribution in [0.3, 0.4) is 0 Å². The monoisotopic (exact) mass is 351 g/mol. The SMILES string of the molecule is Cl.c1ccc(COc2cccc(-c3ccc4c(c3)CCCN4)c2)cc1. The van der Waals surface area contributed by atoms with Gasteiger partial charge in [0, 0.05) is 12.2 Å². The minimum absolute atomic E-state index is 0. The highest BCUT2D eigenvalue weighted by molar-refractivity contribution is 5.85. The lowest BCUT2D eigenvalue weighted by molar-refractivity contribution is 0.306. The van der Waals surface area contributed by atoms with Crippen molar-refractivity contribution in [2.75, 3.05) is 11.9 Å². The topological polar surface area (TPSA) is 21.3 Å². The van der Waals surface area contributed by atoms with E-state index in [1.54, 1.807) is 0 Å². The van der Waals surface area contributed by atoms with Crippen molar-refractivity contribution >= 4 is 18.1 Å². The molecule has 0 aromatic heterocycles. The lowest BCUT2D eigenvalue weighted by atomic mass is 9.97. The quantitative estimate of drug-likeness (QED) is 0.649. The van der Waals surface area contributed by atoms with Gasteiger partial charge in [-0.15, -0.1) is 12.4 Å². The Bertz CT molecular complexity index is 832. The summed E-state index contributed by atoms with van der Waals surface area (Å²) < 4.78 is 5.95. The lowest BCUT2D eigenvalue weighted by Crippen LogP contribution is -2.11. The number of benzene rings is 3. The maximum atomic E-state index is 5.95. The molecular weight excluding hydrogens is 330 g/mol. The molecule has 0 saturated carbocycles. The van der Waals surface area contributed by atoms with Gasteiger partial charge in [-0.2, -0.15) is 0 Å². The minimum atomic E-state index is 0. The molecule has 1 aliphatic rings. The molecule has 3 heteroatoms. The maximum Gasteiger partial charge on any atom is 0.120 e. The van der Waals surface area contributed by atoms with Crippen LogP contribution in [0, 0.1) is 0 Å². The predicted molar refractivity (Wildman–Crippen MR) is 107 cm³/mol. The number of aryl methyl sites for hydroxylation is 1. The summed E-state index contributed by atoms with van der Waals surface area (Å²) in [5, 5.41) is 3.47. The largest absolute Gasteiger partial charge is 0.489 e. The van der Waals surface area contributed by atoms with Gasteiger partial charge in [-0.05, 0) is 59.4 Å². The fourth-order valence-electron chi connectivity index (χ4n) is 3.16. The van der Waals surface area contributed by atoms with Crippen molar-refractivity contribution in [1.82, 2.24) is 0 Å². The number of ether oxygens (including phenoxy) is 1. The Labute approximate surface area is 155 Å². The molecule has 1 N–H and O–H groups in total. The molecule has 0 radical (unpaired) electrons. The van der Waals surface area contributed by atoms with E-state index in [1.165, 1.54) is 34.4 Å². The molecule has 4 rings (SSSR count). The highest BCUT2D eigenvalue weighted by Crippen LogP contribution is 2.30. The van der Waals surface area contributed by atoms with Crippen molar-refractivity contribution in [1.29, 1.82) is 0 Å². The third-order valence-electron chi connectivity index (χ3n) is 4.46. The Hall–Kier alpha value is -2.45. The number of hydrogen-bond donors (Lipinski definition) is 1. The first-order chi connectivity index (χ1) is 11.9. The van der Waals surface area contributed by atoms with Gasteiger partial charge in [-0.25, -0.2) is 0 Å². The zero-order valence-electron chi connectivity index (χ0n) is 14.1. The van der Waals surface area contributed by atoms with E-state index < -0.39 is 0 Å². The molecular formula is C22H22ClNO. The van der Waals surface area contributed by atoms with E-state index in [2.05, 4.69) is 53.8 Å². The second kappa shape index (κ2) is 8.09. The first-order valence-electron chi connectivity index (χ1n) is 8.52. The Kier molecular flexibility index (Phi) is 5.62. The molecule has 3 aromatic rings. The minimum Gasteiger partial charge on any atom is -0.489 e. The van der Waals surface area contributed by atoms with Gasteiger partial charge >= 0.3 is 0 Å². The van der Waals surface area contributed by atoms with Crippen molar-refractivity contribution in [2.45, 2.75) is 19.4 Å². The predicted octanol–water partition coefficient (Wildman–Crippen LogP) is 5.71. The highest BCUT2D eigenvalue weighted by atomic mass is 35.5. The number of nitrogens with one attached hydrogen (secondary N) is 1. The number of rotatable bonds is 4. The summed E-state index contributed by atoms with van der Waals surface area (Å²) in [7, 11) is 0. The number of fused-ring (bicyclic) bond motifs is 1. The van der Waals surface area contributed by atoms with Gasteiger partial charge < -0.3 is 10.1 Å². The van der Waals surface area contributed by atoms with E-state index in [9.17, 15) is 0 Å². The molecule has 25 heavy (non-hydrogen) atoms. The smallest absolute Gasteiger partial charge is 0.120 e. The van der Waals surface area contributed by atoms with Gasteiger partial charge in [0.15, 0.2) is 0 Å². The van der Waals surface area contributed by atoms with Gasteiger partial charge in [0.1, 0.15) is 12.4 Å². The molecule has 0 amide bonds. The molecule has 0 fully saturated rings. The standard InChI is InChI=1S/C22H21NO.ClH/c1-2-6-17(7-3-1)16-24-21-10-4-8-18(15-21)19-11-12-22-20(14-19)9-5-13-23-22;/h1-4,6-8,10-12,14-15,23H,5,9,13,16H2;1H. The van der Waals surface area contributed by atoms with Crippen LogP contribution in [-0.4, -0.2) is 6.54 Å². The van der Waals surface area contributed by atoms with Gasteiger partial charge in [0.2, 0.25) is 0 Å². The molecule has 0 atom stereocenters. The van der Waals surface area contributed by atoms with E-state index in [4.69, 9.17) is 4.74 Å². The summed E-state index contributed by atoms with van der Waals surface area (Å²) in [5.41, 5.74) is 6.33. The second-order valence-electron chi connectivity index (χ2n) is 6.20. The number of hydrogen-bond acceptors (Lipinski definition) is 2. The molecule has 0 saturated heterocycles. The van der Waals surface area contributed by atoms with Crippen LogP contribution < -0.4 is 10.1 Å². The van der Waals surface area contributed by atoms with E-state index in [0.717, 1.165) is 18.7 Å². The van der Waals surface area contributed by atoms with Crippen LogP contribution >= 0.6 is 12.4 Å². The Morgan fingerprint density at radius 1 is 0.840 bits per heavy atom. The van der Waals surface area contributed by atoms with Crippen molar-refractivity contribution in [2.24, 2.45) is 0 Å². The molecule has 0 bridgehead atoms. The Morgan fingerprint density at radius 3 is 2.56 bits per heavy atom. The van der Waals surface area contributed by atoms with Crippen molar-refractivity contribution in [3.8, 4) is 16.9 Å². The first-order valence-corrected chi connectivity index (χ1v) is 8.52. The lowest BCUT2D eigenvalue weighted by Gasteiger charge is -2.19. The highest BCUT2D eigenvalue weighted by Gasteiger charge is 2.10. The van der Waals surface area contributed by atoms with Crippen molar-refractivity contribution in [3.63, 3.8) is 0 Å². The molecule has 0 spiro atoms. The Balaban J connectivity index is 0.00000182. The van der Waals surface area contributed by atoms with Crippen LogP contribution in [0.25, 0.3) is 11.1 Å². The summed E-state index contributed by atoms with van der Waals surface area (Å²) >= 11 is 0. The fraction of sp³-hybridized carbons (Fsp3) is 0.182. The van der Waals surface area contributed by atoms with E-state index in [0.29, 0.717) is 6.61 Å². The number of anilines is 1. The zero-order chi connectivity index (χ0) is 16.2. The molecule has 0 unspecified atom stereocenters. The average Bonchev–Trinajstić information content (AvgIpc) is 2.67. The van der Waals surface area contributed by atoms with Crippen molar-refractivity contribution in [3.05, 3.63) is 83.9 Å². The summed E-state index contributed by atoms with van der Waals surface area (Å²) in [4.78, 5) is 0. The van der Waals surface area contributed by atoms with E-state index >= 15 is 0 Å². The maximum absolute atomic E-state index is 5.95. The van der Waals surface area contributed by atoms with Crippen LogP contribution in [0.2, 0.25) is 0 Å². The average molecular weight is 352 g/mol. The summed E-state index contributed by atoms with van der Waals surface area (Å²) in [6.45, 7) is 1.67. The molecule has 128 valence electrons. The van der Waals surface area contributed by atoms with Gasteiger partial charge in [0.25, 0.3) is 0 Å². The summed E-state index contributed by atoms with van der Waals surface area (Å²) in [6, 6.07) is 25.3. The summed E-state index contributed by atoms with van der Waals surface area (Å²) in [6.07, 6.45) is 2.36. The van der Waals surface area contributed by atoms with Gasteiger partial charge in [-0.1, -0.05) is 48.5 Å². The van der Waals surface area contributed by atoms with Gasteiger partial charge in [-0.3, -0.25) is 0 Å². The zero-order valence-corrected chi connectivity index (χ0v) is 14.9. The fourth-order valence-corrected chi connectivity index (χ4v) is 3.16. The van der Waals surface area contributed by atoms with Crippen LogP contribution in [0.4, 0.5) is 5.69 Å². The Morgan fingerprint density at radius 2 is 1.68 bits per heavy atom. The van der Waals surface area contributed by atoms with Gasteiger partial charge in [0.05, 0.1) is 0 Å². The second-order valence-corrected chi connectivity index (χ2v) is 6.20. The molecule has 1 heterocycles. The third kappa shape index (κ3) is 4.15. The normalized spacial score (nSPS) is 12.5.